The Hall–Kier alpha value is -2.70. The fraction of sp³-hybridized carbons (Fsp3) is 0.214. The summed E-state index contributed by atoms with van der Waals surface area (Å²) in [5.41, 5.74) is 1.86. The maximum atomic E-state index is 12.2. The molecule has 1 aromatic carbocycles. The third-order valence-corrected chi connectivity index (χ3v) is 5.72. The standard InChI is InChI=1S/C14H14N6O4S2/c1-8-3-5-10(6-4-8)12-17-11(24-20-12)7-15-26(22,23)14-19-18-13(25-14)16-9(2)21/h3-6,15H,7H2,1-2H3,(H,16,18,21). The molecule has 2 aromatic heterocycles. The highest BCUT2D eigenvalue weighted by atomic mass is 32.2. The minimum Gasteiger partial charge on any atom is -0.338 e. The molecule has 26 heavy (non-hydrogen) atoms. The molecule has 0 aliphatic heterocycles. The molecule has 10 nitrogen and oxygen atoms in total. The Morgan fingerprint density at radius 3 is 2.65 bits per heavy atom. The van der Waals surface area contributed by atoms with E-state index in [-0.39, 0.29) is 27.8 Å². The average molecular weight is 394 g/mol. The van der Waals surface area contributed by atoms with Crippen molar-refractivity contribution >= 4 is 32.4 Å². The van der Waals surface area contributed by atoms with Crippen LogP contribution in [0.4, 0.5) is 5.13 Å². The number of carbonyl (C=O) groups is 1. The number of rotatable bonds is 6. The third-order valence-electron chi connectivity index (χ3n) is 3.11. The van der Waals surface area contributed by atoms with Crippen LogP contribution in [0.1, 0.15) is 18.4 Å². The molecule has 0 saturated carbocycles. The van der Waals surface area contributed by atoms with E-state index in [1.54, 1.807) is 0 Å². The number of nitrogens with one attached hydrogen (secondary N) is 2. The Morgan fingerprint density at radius 1 is 1.23 bits per heavy atom. The zero-order valence-electron chi connectivity index (χ0n) is 13.8. The van der Waals surface area contributed by atoms with Gasteiger partial charge in [0.25, 0.3) is 10.0 Å². The number of hydrogen-bond donors (Lipinski definition) is 2. The summed E-state index contributed by atoms with van der Waals surface area (Å²) >= 11 is 0.735. The van der Waals surface area contributed by atoms with Crippen molar-refractivity contribution < 1.29 is 17.7 Å². The number of sulfonamides is 1. The molecule has 136 valence electrons. The van der Waals surface area contributed by atoms with Crippen LogP contribution in [0, 0.1) is 6.92 Å². The van der Waals surface area contributed by atoms with Crippen LogP contribution in [0.2, 0.25) is 0 Å². The first kappa shape index (κ1) is 18.1. The van der Waals surface area contributed by atoms with Crippen molar-refractivity contribution in [2.75, 3.05) is 5.32 Å². The Morgan fingerprint density at radius 2 is 1.96 bits per heavy atom. The number of benzene rings is 1. The minimum atomic E-state index is -3.92. The molecule has 0 unspecified atom stereocenters. The minimum absolute atomic E-state index is 0.0947. The van der Waals surface area contributed by atoms with Gasteiger partial charge in [0.15, 0.2) is 0 Å². The van der Waals surface area contributed by atoms with Crippen LogP contribution in [-0.4, -0.2) is 34.7 Å². The second-order valence-corrected chi connectivity index (χ2v) is 8.17. The summed E-state index contributed by atoms with van der Waals surface area (Å²) < 4.78 is 31.5. The van der Waals surface area contributed by atoms with E-state index < -0.39 is 10.0 Å². The van der Waals surface area contributed by atoms with E-state index in [2.05, 4.69) is 30.4 Å². The number of amides is 1. The van der Waals surface area contributed by atoms with E-state index in [0.717, 1.165) is 22.5 Å². The molecule has 2 heterocycles. The van der Waals surface area contributed by atoms with E-state index >= 15 is 0 Å². The van der Waals surface area contributed by atoms with Crippen molar-refractivity contribution in [3.8, 4) is 11.4 Å². The molecular formula is C14H14N6O4S2. The molecule has 0 atom stereocenters. The average Bonchev–Trinajstić information content (AvgIpc) is 3.23. The van der Waals surface area contributed by atoms with Crippen molar-refractivity contribution in [3.05, 3.63) is 35.7 Å². The molecule has 1 amide bonds. The molecule has 0 spiro atoms. The second-order valence-electron chi connectivity index (χ2n) is 5.26. The first-order valence-corrected chi connectivity index (χ1v) is 9.64. The van der Waals surface area contributed by atoms with Crippen LogP contribution in [0.15, 0.2) is 33.1 Å². The SMILES string of the molecule is CC(=O)Nc1nnc(S(=O)(=O)NCc2nc(-c3ccc(C)cc3)no2)s1. The van der Waals surface area contributed by atoms with E-state index in [1.807, 2.05) is 31.2 Å². The molecule has 12 heteroatoms. The van der Waals surface area contributed by atoms with Crippen molar-refractivity contribution in [1.82, 2.24) is 25.1 Å². The van der Waals surface area contributed by atoms with Crippen LogP contribution >= 0.6 is 11.3 Å². The second kappa shape index (κ2) is 7.27. The summed E-state index contributed by atoms with van der Waals surface area (Å²) in [7, 11) is -3.92. The van der Waals surface area contributed by atoms with Gasteiger partial charge in [0, 0.05) is 12.5 Å². The van der Waals surface area contributed by atoms with E-state index in [4.69, 9.17) is 4.52 Å². The van der Waals surface area contributed by atoms with Crippen LogP contribution in [0.5, 0.6) is 0 Å². The number of carbonyl (C=O) groups excluding carboxylic acids is 1. The van der Waals surface area contributed by atoms with Gasteiger partial charge in [0.05, 0.1) is 6.54 Å². The summed E-state index contributed by atoms with van der Waals surface area (Å²) in [6.07, 6.45) is 0. The lowest BCUT2D eigenvalue weighted by atomic mass is 10.1. The van der Waals surface area contributed by atoms with E-state index in [1.165, 1.54) is 6.92 Å². The topological polar surface area (TPSA) is 140 Å². The summed E-state index contributed by atoms with van der Waals surface area (Å²) in [5.74, 6) is 0.103. The van der Waals surface area contributed by atoms with Gasteiger partial charge in [-0.2, -0.15) is 9.71 Å². The monoisotopic (exact) mass is 394 g/mol. The maximum absolute atomic E-state index is 12.2. The lowest BCUT2D eigenvalue weighted by molar-refractivity contribution is -0.114. The zero-order chi connectivity index (χ0) is 18.7. The molecule has 0 fully saturated rings. The maximum Gasteiger partial charge on any atom is 0.270 e. The predicted molar refractivity (Wildman–Crippen MR) is 92.7 cm³/mol. The van der Waals surface area contributed by atoms with Gasteiger partial charge in [-0.25, -0.2) is 8.42 Å². The zero-order valence-corrected chi connectivity index (χ0v) is 15.4. The Bertz CT molecular complexity index is 1030. The molecule has 0 aliphatic carbocycles. The molecule has 0 radical (unpaired) electrons. The van der Waals surface area contributed by atoms with Crippen molar-refractivity contribution in [2.45, 2.75) is 24.7 Å². The molecule has 0 aliphatic rings. The Balaban J connectivity index is 1.67. The summed E-state index contributed by atoms with van der Waals surface area (Å²) in [5, 5.41) is 13.4. The molecule has 3 rings (SSSR count). The Labute approximate surface area is 152 Å². The summed E-state index contributed by atoms with van der Waals surface area (Å²) in [6.45, 7) is 3.05. The van der Waals surface area contributed by atoms with Gasteiger partial charge >= 0.3 is 0 Å². The highest BCUT2D eigenvalue weighted by Crippen LogP contribution is 2.20. The number of anilines is 1. The van der Waals surface area contributed by atoms with Crippen molar-refractivity contribution in [2.24, 2.45) is 0 Å². The molecule has 3 aromatic rings. The van der Waals surface area contributed by atoms with Crippen LogP contribution in [0.25, 0.3) is 11.4 Å². The fourth-order valence-corrected chi connectivity index (χ4v) is 3.85. The molecule has 2 N–H and O–H groups in total. The highest BCUT2D eigenvalue weighted by molar-refractivity contribution is 7.91. The van der Waals surface area contributed by atoms with Crippen LogP contribution < -0.4 is 10.0 Å². The highest BCUT2D eigenvalue weighted by Gasteiger charge is 2.21. The number of nitrogens with zero attached hydrogens (tertiary/aromatic N) is 4. The predicted octanol–water partition coefficient (Wildman–Crippen LogP) is 1.33. The lowest BCUT2D eigenvalue weighted by Gasteiger charge is -1.99. The largest absolute Gasteiger partial charge is 0.338 e. The first-order valence-electron chi connectivity index (χ1n) is 7.34. The van der Waals surface area contributed by atoms with Gasteiger partial charge in [-0.15, -0.1) is 10.2 Å². The van der Waals surface area contributed by atoms with E-state index in [9.17, 15) is 13.2 Å². The number of aryl methyl sites for hydroxylation is 1. The molecular weight excluding hydrogens is 380 g/mol. The number of aromatic nitrogens is 4. The van der Waals surface area contributed by atoms with Crippen molar-refractivity contribution in [1.29, 1.82) is 0 Å². The lowest BCUT2D eigenvalue weighted by Crippen LogP contribution is -2.23. The van der Waals surface area contributed by atoms with Crippen molar-refractivity contribution in [3.63, 3.8) is 0 Å². The normalized spacial score (nSPS) is 11.5. The number of hydrogen-bond acceptors (Lipinski definition) is 9. The summed E-state index contributed by atoms with van der Waals surface area (Å²) in [6, 6.07) is 7.52. The van der Waals surface area contributed by atoms with Gasteiger partial charge in [0.2, 0.25) is 27.1 Å². The van der Waals surface area contributed by atoms with Gasteiger partial charge in [-0.05, 0) is 6.92 Å². The van der Waals surface area contributed by atoms with Gasteiger partial charge in [-0.3, -0.25) is 4.79 Å². The molecule has 0 bridgehead atoms. The van der Waals surface area contributed by atoms with Gasteiger partial charge < -0.3 is 9.84 Å². The molecule has 0 saturated heterocycles. The van der Waals surface area contributed by atoms with Crippen LogP contribution in [0.3, 0.4) is 0 Å². The smallest absolute Gasteiger partial charge is 0.270 e. The quantitative estimate of drug-likeness (QED) is 0.597. The van der Waals surface area contributed by atoms with Gasteiger partial charge in [0.1, 0.15) is 0 Å². The first-order chi connectivity index (χ1) is 12.3. The van der Waals surface area contributed by atoms with E-state index in [0.29, 0.717) is 5.82 Å². The van der Waals surface area contributed by atoms with Crippen LogP contribution in [-0.2, 0) is 21.4 Å². The summed E-state index contributed by atoms with van der Waals surface area (Å²) in [4.78, 5) is 15.1. The fourth-order valence-electron chi connectivity index (χ4n) is 1.88. The Kier molecular flexibility index (Phi) is 5.06. The third kappa shape index (κ3) is 4.28. The van der Waals surface area contributed by atoms with Gasteiger partial charge in [-0.1, -0.05) is 46.3 Å².